The maximum Gasteiger partial charge on any atom is 0.262 e. The minimum absolute atomic E-state index is 0.0939. The topological polar surface area (TPSA) is 67.4 Å². The van der Waals surface area contributed by atoms with Crippen LogP contribution in [-0.2, 0) is 24.1 Å². The normalized spacial score (nSPS) is 12.7. The number of nitrogens with one attached hydrogen (secondary N) is 2. The van der Waals surface area contributed by atoms with E-state index in [-0.39, 0.29) is 18.4 Å². The summed E-state index contributed by atoms with van der Waals surface area (Å²) in [5, 5.41) is 6.65. The molecule has 5 nitrogen and oxygen atoms in total. The molecule has 0 aliphatic heterocycles. The summed E-state index contributed by atoms with van der Waals surface area (Å²) >= 11 is 1.53. The Hall–Kier alpha value is -3.12. The van der Waals surface area contributed by atoms with Gasteiger partial charge in [-0.3, -0.25) is 9.59 Å². The van der Waals surface area contributed by atoms with Gasteiger partial charge in [-0.15, -0.1) is 11.3 Å². The standard InChI is InChI=1S/C27H30N2O3S/c1-18-9-8-10-19(2)25(18)32-17-23(30)29-27-24(21-13-6-7-14-22(21)33-27)26(31)28-16-15-20-11-4-3-5-12-20/h3-5,8-12H,6-7,13-17H2,1-2H3,(H,28,31)(H,29,30). The third-order valence-corrected chi connectivity index (χ3v) is 7.16. The molecule has 6 heteroatoms. The number of thiophene rings is 1. The summed E-state index contributed by atoms with van der Waals surface area (Å²) in [4.78, 5) is 27.1. The van der Waals surface area contributed by atoms with Crippen molar-refractivity contribution in [3.8, 4) is 5.75 Å². The fourth-order valence-corrected chi connectivity index (χ4v) is 5.58. The highest BCUT2D eigenvalue weighted by Gasteiger charge is 2.26. The van der Waals surface area contributed by atoms with Crippen molar-refractivity contribution in [3.63, 3.8) is 0 Å². The fraction of sp³-hybridized carbons (Fsp3) is 0.333. The number of amides is 2. The van der Waals surface area contributed by atoms with Crippen molar-refractivity contribution in [2.45, 2.75) is 46.0 Å². The van der Waals surface area contributed by atoms with E-state index in [1.807, 2.05) is 50.2 Å². The number of benzene rings is 2. The van der Waals surface area contributed by atoms with Gasteiger partial charge in [0.15, 0.2) is 6.61 Å². The Balaban J connectivity index is 1.44. The molecule has 2 aromatic carbocycles. The molecule has 0 atom stereocenters. The van der Waals surface area contributed by atoms with E-state index < -0.39 is 0 Å². The van der Waals surface area contributed by atoms with Crippen LogP contribution in [0.25, 0.3) is 0 Å². The molecule has 1 aliphatic rings. The summed E-state index contributed by atoms with van der Waals surface area (Å²) in [7, 11) is 0. The van der Waals surface area contributed by atoms with E-state index >= 15 is 0 Å². The number of para-hydroxylation sites is 1. The van der Waals surface area contributed by atoms with Crippen molar-refractivity contribution in [2.75, 3.05) is 18.5 Å². The van der Waals surface area contributed by atoms with E-state index in [1.165, 1.54) is 21.8 Å². The molecule has 0 bridgehead atoms. The largest absolute Gasteiger partial charge is 0.483 e. The molecule has 1 aromatic heterocycles. The molecule has 1 heterocycles. The summed E-state index contributed by atoms with van der Waals surface area (Å²) in [6, 6.07) is 16.0. The number of carbonyl (C=O) groups excluding carboxylic acids is 2. The highest BCUT2D eigenvalue weighted by Crippen LogP contribution is 2.38. The second-order valence-electron chi connectivity index (χ2n) is 8.46. The van der Waals surface area contributed by atoms with Crippen LogP contribution in [-0.4, -0.2) is 25.0 Å². The summed E-state index contributed by atoms with van der Waals surface area (Å²) < 4.78 is 5.81. The zero-order valence-electron chi connectivity index (χ0n) is 19.2. The monoisotopic (exact) mass is 462 g/mol. The molecular weight excluding hydrogens is 432 g/mol. The van der Waals surface area contributed by atoms with Crippen molar-refractivity contribution < 1.29 is 14.3 Å². The summed E-state index contributed by atoms with van der Waals surface area (Å²) in [6.45, 7) is 4.39. The van der Waals surface area contributed by atoms with Crippen LogP contribution in [0.4, 0.5) is 5.00 Å². The zero-order valence-corrected chi connectivity index (χ0v) is 20.0. The highest BCUT2D eigenvalue weighted by atomic mass is 32.1. The van der Waals surface area contributed by atoms with E-state index in [2.05, 4.69) is 22.8 Å². The first-order valence-corrected chi connectivity index (χ1v) is 12.3. The number of hydrogen-bond acceptors (Lipinski definition) is 4. The number of carbonyl (C=O) groups is 2. The number of aryl methyl sites for hydroxylation is 3. The van der Waals surface area contributed by atoms with Gasteiger partial charge >= 0.3 is 0 Å². The van der Waals surface area contributed by atoms with E-state index in [0.717, 1.165) is 54.5 Å². The fourth-order valence-electron chi connectivity index (χ4n) is 4.27. The minimum atomic E-state index is -0.255. The maximum atomic E-state index is 13.2. The van der Waals surface area contributed by atoms with Gasteiger partial charge in [-0.05, 0) is 68.2 Å². The Kier molecular flexibility index (Phi) is 7.45. The molecule has 0 saturated carbocycles. The predicted octanol–water partition coefficient (Wildman–Crippen LogP) is 5.23. The Labute approximate surface area is 199 Å². The molecule has 0 fully saturated rings. The lowest BCUT2D eigenvalue weighted by atomic mass is 9.95. The average molecular weight is 463 g/mol. The van der Waals surface area contributed by atoms with Gasteiger partial charge in [0.25, 0.3) is 11.8 Å². The lowest BCUT2D eigenvalue weighted by molar-refractivity contribution is -0.118. The predicted molar refractivity (Wildman–Crippen MR) is 133 cm³/mol. The van der Waals surface area contributed by atoms with Gasteiger partial charge in [0, 0.05) is 11.4 Å². The molecule has 2 amide bonds. The molecule has 0 radical (unpaired) electrons. The first kappa shape index (κ1) is 23.1. The van der Waals surface area contributed by atoms with Crippen LogP contribution in [0.1, 0.15) is 50.3 Å². The lowest BCUT2D eigenvalue weighted by Gasteiger charge is -2.14. The van der Waals surface area contributed by atoms with Gasteiger partial charge in [-0.2, -0.15) is 0 Å². The van der Waals surface area contributed by atoms with E-state index in [0.29, 0.717) is 17.1 Å². The molecule has 4 rings (SSSR count). The average Bonchev–Trinajstić information content (AvgIpc) is 3.17. The van der Waals surface area contributed by atoms with Gasteiger partial charge in [0.05, 0.1) is 5.56 Å². The molecule has 0 spiro atoms. The third-order valence-electron chi connectivity index (χ3n) is 5.95. The quantitative estimate of drug-likeness (QED) is 0.481. The first-order chi connectivity index (χ1) is 16.0. The summed E-state index contributed by atoms with van der Waals surface area (Å²) in [5.74, 6) is 0.364. The number of anilines is 1. The second kappa shape index (κ2) is 10.7. The van der Waals surface area contributed by atoms with E-state index in [9.17, 15) is 9.59 Å². The van der Waals surface area contributed by atoms with Crippen molar-refractivity contribution in [1.29, 1.82) is 0 Å². The molecule has 2 N–H and O–H groups in total. The maximum absolute atomic E-state index is 13.2. The van der Waals surface area contributed by atoms with Crippen LogP contribution in [0.2, 0.25) is 0 Å². The van der Waals surface area contributed by atoms with Gasteiger partial charge in [-0.25, -0.2) is 0 Å². The van der Waals surface area contributed by atoms with E-state index in [4.69, 9.17) is 4.74 Å². The van der Waals surface area contributed by atoms with Gasteiger partial charge in [0.2, 0.25) is 0 Å². The summed E-state index contributed by atoms with van der Waals surface area (Å²) in [6.07, 6.45) is 4.79. The Morgan fingerprint density at radius 2 is 1.70 bits per heavy atom. The Morgan fingerprint density at radius 1 is 0.970 bits per heavy atom. The SMILES string of the molecule is Cc1cccc(C)c1OCC(=O)Nc1sc2c(c1C(=O)NCCc1ccccc1)CCCC2. The number of rotatable bonds is 8. The van der Waals surface area contributed by atoms with Crippen LogP contribution in [0.5, 0.6) is 5.75 Å². The van der Waals surface area contributed by atoms with Crippen LogP contribution in [0.3, 0.4) is 0 Å². The number of hydrogen-bond donors (Lipinski definition) is 2. The molecule has 0 saturated heterocycles. The van der Waals surface area contributed by atoms with Gasteiger partial charge < -0.3 is 15.4 Å². The molecule has 33 heavy (non-hydrogen) atoms. The Morgan fingerprint density at radius 3 is 2.45 bits per heavy atom. The minimum Gasteiger partial charge on any atom is -0.483 e. The van der Waals surface area contributed by atoms with Gasteiger partial charge in [-0.1, -0.05) is 48.5 Å². The van der Waals surface area contributed by atoms with E-state index in [1.54, 1.807) is 0 Å². The van der Waals surface area contributed by atoms with Gasteiger partial charge in [0.1, 0.15) is 10.8 Å². The number of fused-ring (bicyclic) bond motifs is 1. The molecule has 3 aromatic rings. The highest BCUT2D eigenvalue weighted by molar-refractivity contribution is 7.17. The molecular formula is C27H30N2O3S. The van der Waals surface area contributed by atoms with Crippen LogP contribution in [0, 0.1) is 13.8 Å². The second-order valence-corrected chi connectivity index (χ2v) is 9.57. The summed E-state index contributed by atoms with van der Waals surface area (Å²) in [5.41, 5.74) is 4.89. The molecule has 1 aliphatic carbocycles. The smallest absolute Gasteiger partial charge is 0.262 e. The van der Waals surface area contributed by atoms with Crippen molar-refractivity contribution >= 4 is 28.2 Å². The van der Waals surface area contributed by atoms with Crippen LogP contribution < -0.4 is 15.4 Å². The zero-order chi connectivity index (χ0) is 23.2. The first-order valence-electron chi connectivity index (χ1n) is 11.5. The third kappa shape index (κ3) is 5.63. The lowest BCUT2D eigenvalue weighted by Crippen LogP contribution is -2.28. The van der Waals surface area contributed by atoms with Crippen LogP contribution >= 0.6 is 11.3 Å². The molecule has 0 unspecified atom stereocenters. The molecule has 172 valence electrons. The van der Waals surface area contributed by atoms with Crippen molar-refractivity contribution in [1.82, 2.24) is 5.32 Å². The van der Waals surface area contributed by atoms with Crippen molar-refractivity contribution in [3.05, 3.63) is 81.2 Å². The Bertz CT molecular complexity index is 1120. The van der Waals surface area contributed by atoms with Crippen LogP contribution in [0.15, 0.2) is 48.5 Å². The number of ether oxygens (including phenoxy) is 1. The van der Waals surface area contributed by atoms with Crippen molar-refractivity contribution in [2.24, 2.45) is 0 Å².